The molecular weight excluding hydrogens is 310 g/mol. The van der Waals surface area contributed by atoms with E-state index in [4.69, 9.17) is 0 Å². The fourth-order valence-corrected chi connectivity index (χ4v) is 3.18. The normalized spacial score (nSPS) is 12.3. The smallest absolute Gasteiger partial charge is 0.0764 e. The Balaban J connectivity index is 2.00. The second-order valence-corrected chi connectivity index (χ2v) is 5.75. The summed E-state index contributed by atoms with van der Waals surface area (Å²) < 4.78 is 1.10. The molecule has 1 unspecified atom stereocenters. The lowest BCUT2D eigenvalue weighted by Gasteiger charge is -2.14. The first kappa shape index (κ1) is 13.5. The average molecular weight is 324 g/mol. The van der Waals surface area contributed by atoms with Crippen molar-refractivity contribution in [3.63, 3.8) is 0 Å². The molecule has 1 aromatic carbocycles. The minimum Gasteiger partial charge on any atom is -0.311 e. The Hall–Kier alpha value is -0.910. The third-order valence-corrected chi connectivity index (χ3v) is 4.08. The minimum atomic E-state index is 0.211. The van der Waals surface area contributed by atoms with Crippen LogP contribution in [0.3, 0.4) is 0 Å². The van der Waals surface area contributed by atoms with Crippen molar-refractivity contribution in [2.75, 3.05) is 12.8 Å². The lowest BCUT2D eigenvalue weighted by atomic mass is 10.2. The zero-order valence-corrected chi connectivity index (χ0v) is 12.4. The highest BCUT2D eigenvalue weighted by molar-refractivity contribution is 9.10. The molecule has 0 aliphatic rings. The molecule has 0 radical (unpaired) electrons. The number of nitrogens with one attached hydrogen (secondary N) is 1. The van der Waals surface area contributed by atoms with Crippen LogP contribution in [0.2, 0.25) is 0 Å². The van der Waals surface area contributed by atoms with Crippen molar-refractivity contribution < 1.29 is 0 Å². The zero-order chi connectivity index (χ0) is 12.8. The molecular formula is C13H14BrN3S. The van der Waals surface area contributed by atoms with Crippen LogP contribution >= 0.6 is 27.7 Å². The van der Waals surface area contributed by atoms with Gasteiger partial charge in [-0.3, -0.25) is 9.97 Å². The Kier molecular flexibility index (Phi) is 5.16. The zero-order valence-electron chi connectivity index (χ0n) is 10.0. The van der Waals surface area contributed by atoms with Gasteiger partial charge in [-0.1, -0.05) is 22.0 Å². The predicted octanol–water partition coefficient (Wildman–Crippen LogP) is 3.29. The van der Waals surface area contributed by atoms with Crippen LogP contribution in [0.5, 0.6) is 0 Å². The Bertz CT molecular complexity index is 493. The van der Waals surface area contributed by atoms with Gasteiger partial charge < -0.3 is 5.32 Å². The molecule has 0 amide bonds. The Labute approximate surface area is 120 Å². The number of hydrogen-bond acceptors (Lipinski definition) is 4. The molecule has 2 rings (SSSR count). The number of nitrogens with zero attached hydrogens (tertiary/aromatic N) is 2. The molecule has 0 aliphatic heterocycles. The van der Waals surface area contributed by atoms with Crippen LogP contribution in [0, 0.1) is 0 Å². The molecule has 94 valence electrons. The lowest BCUT2D eigenvalue weighted by Crippen LogP contribution is -2.20. The van der Waals surface area contributed by atoms with Crippen molar-refractivity contribution in [2.24, 2.45) is 0 Å². The summed E-state index contributed by atoms with van der Waals surface area (Å²) >= 11 is 5.28. The van der Waals surface area contributed by atoms with Crippen molar-refractivity contribution in [3.05, 3.63) is 53.0 Å². The molecule has 18 heavy (non-hydrogen) atoms. The average Bonchev–Trinajstić information content (AvgIpc) is 2.41. The van der Waals surface area contributed by atoms with Crippen molar-refractivity contribution in [3.8, 4) is 0 Å². The van der Waals surface area contributed by atoms with Crippen LogP contribution in [-0.2, 0) is 0 Å². The van der Waals surface area contributed by atoms with Crippen molar-refractivity contribution in [1.29, 1.82) is 0 Å². The van der Waals surface area contributed by atoms with E-state index in [-0.39, 0.29) is 6.04 Å². The molecule has 0 aliphatic carbocycles. The Morgan fingerprint density at radius 3 is 2.94 bits per heavy atom. The highest BCUT2D eigenvalue weighted by atomic mass is 79.9. The molecule has 0 fully saturated rings. The van der Waals surface area contributed by atoms with E-state index in [1.165, 1.54) is 4.90 Å². The summed E-state index contributed by atoms with van der Waals surface area (Å²) in [4.78, 5) is 9.68. The van der Waals surface area contributed by atoms with E-state index in [1.807, 2.05) is 25.4 Å². The van der Waals surface area contributed by atoms with Crippen LogP contribution in [0.4, 0.5) is 0 Å². The lowest BCUT2D eigenvalue weighted by molar-refractivity contribution is 0.638. The number of halogens is 1. The second kappa shape index (κ2) is 6.87. The van der Waals surface area contributed by atoms with Crippen LogP contribution in [0.1, 0.15) is 11.7 Å². The largest absolute Gasteiger partial charge is 0.311 e. The van der Waals surface area contributed by atoms with Gasteiger partial charge in [-0.15, -0.1) is 11.8 Å². The molecule has 5 heteroatoms. The van der Waals surface area contributed by atoms with Gasteiger partial charge in [-0.25, -0.2) is 0 Å². The summed E-state index contributed by atoms with van der Waals surface area (Å²) in [5.41, 5.74) is 0.975. The van der Waals surface area contributed by atoms with E-state index in [0.717, 1.165) is 15.9 Å². The maximum Gasteiger partial charge on any atom is 0.0764 e. The molecule has 1 aromatic heterocycles. The third-order valence-electron chi connectivity index (χ3n) is 2.50. The van der Waals surface area contributed by atoms with Gasteiger partial charge >= 0.3 is 0 Å². The highest BCUT2D eigenvalue weighted by Gasteiger charge is 2.11. The minimum absolute atomic E-state index is 0.211. The Morgan fingerprint density at radius 2 is 2.28 bits per heavy atom. The molecule has 0 saturated carbocycles. The van der Waals surface area contributed by atoms with E-state index in [9.17, 15) is 0 Å². The highest BCUT2D eigenvalue weighted by Crippen LogP contribution is 2.25. The molecule has 0 spiro atoms. The number of rotatable bonds is 5. The van der Waals surface area contributed by atoms with Crippen molar-refractivity contribution in [1.82, 2.24) is 15.3 Å². The van der Waals surface area contributed by atoms with Gasteiger partial charge in [-0.2, -0.15) is 0 Å². The first-order chi connectivity index (χ1) is 8.79. The molecule has 2 aromatic rings. The number of aromatic nitrogens is 2. The number of hydrogen-bond donors (Lipinski definition) is 1. The van der Waals surface area contributed by atoms with Gasteiger partial charge in [0.1, 0.15) is 0 Å². The topological polar surface area (TPSA) is 37.8 Å². The second-order valence-electron chi connectivity index (χ2n) is 3.74. The summed E-state index contributed by atoms with van der Waals surface area (Å²) in [5.74, 6) is 0.922. The first-order valence-corrected chi connectivity index (χ1v) is 7.39. The summed E-state index contributed by atoms with van der Waals surface area (Å²) in [6.07, 6.45) is 5.23. The van der Waals surface area contributed by atoms with Gasteiger partial charge in [0.05, 0.1) is 11.7 Å². The predicted molar refractivity (Wildman–Crippen MR) is 78.7 cm³/mol. The van der Waals surface area contributed by atoms with E-state index in [0.29, 0.717) is 0 Å². The van der Waals surface area contributed by atoms with Gasteiger partial charge in [0.2, 0.25) is 0 Å². The maximum absolute atomic E-state index is 4.33. The van der Waals surface area contributed by atoms with Gasteiger partial charge in [0.15, 0.2) is 0 Å². The quantitative estimate of drug-likeness (QED) is 0.857. The summed E-state index contributed by atoms with van der Waals surface area (Å²) in [7, 11) is 1.95. The summed E-state index contributed by atoms with van der Waals surface area (Å²) in [6, 6.07) is 8.51. The Morgan fingerprint density at radius 1 is 1.39 bits per heavy atom. The van der Waals surface area contributed by atoms with E-state index < -0.39 is 0 Å². The fourth-order valence-electron chi connectivity index (χ4n) is 1.54. The van der Waals surface area contributed by atoms with Crippen LogP contribution < -0.4 is 5.32 Å². The third kappa shape index (κ3) is 3.80. The van der Waals surface area contributed by atoms with Crippen LogP contribution in [0.15, 0.2) is 52.2 Å². The van der Waals surface area contributed by atoms with Crippen LogP contribution in [0.25, 0.3) is 0 Å². The summed E-state index contributed by atoms with van der Waals surface area (Å²) in [5, 5.41) is 3.27. The monoisotopic (exact) mass is 323 g/mol. The maximum atomic E-state index is 4.33. The fraction of sp³-hybridized carbons (Fsp3) is 0.231. The molecule has 1 heterocycles. The van der Waals surface area contributed by atoms with Crippen molar-refractivity contribution >= 4 is 27.7 Å². The van der Waals surface area contributed by atoms with E-state index in [2.05, 4.69) is 43.3 Å². The van der Waals surface area contributed by atoms with Gasteiger partial charge in [0, 0.05) is 33.7 Å². The molecule has 1 N–H and O–H groups in total. The standard InChI is InChI=1S/C13H14BrN3S/c1-15-13(12-8-16-5-6-17-12)9-18-11-4-2-3-10(14)7-11/h2-8,13,15H,9H2,1H3. The number of thioether (sulfide) groups is 1. The molecule has 0 bridgehead atoms. The number of benzene rings is 1. The first-order valence-electron chi connectivity index (χ1n) is 5.61. The molecule has 1 atom stereocenters. The van der Waals surface area contributed by atoms with Crippen molar-refractivity contribution in [2.45, 2.75) is 10.9 Å². The van der Waals surface area contributed by atoms with Crippen LogP contribution in [-0.4, -0.2) is 22.8 Å². The van der Waals surface area contributed by atoms with E-state index in [1.54, 1.807) is 24.2 Å². The summed E-state index contributed by atoms with van der Waals surface area (Å²) in [6.45, 7) is 0. The van der Waals surface area contributed by atoms with Gasteiger partial charge in [0.25, 0.3) is 0 Å². The molecule has 3 nitrogen and oxygen atoms in total. The SMILES string of the molecule is CNC(CSc1cccc(Br)c1)c1cnccn1. The molecule has 0 saturated heterocycles. The van der Waals surface area contributed by atoms with E-state index >= 15 is 0 Å². The van der Waals surface area contributed by atoms with Gasteiger partial charge in [-0.05, 0) is 25.2 Å².